The lowest BCUT2D eigenvalue weighted by atomic mass is 10.2. The topological polar surface area (TPSA) is 90.2 Å². The van der Waals surface area contributed by atoms with Crippen LogP contribution in [0.25, 0.3) is 22.4 Å². The number of rotatable bonds is 8. The average molecular weight is 488 g/mol. The number of methoxy groups -OCH3 is 2. The van der Waals surface area contributed by atoms with Crippen molar-refractivity contribution in [3.63, 3.8) is 0 Å². The van der Waals surface area contributed by atoms with Crippen LogP contribution < -0.4 is 19.7 Å². The van der Waals surface area contributed by atoms with Gasteiger partial charge in [0.1, 0.15) is 32.9 Å². The Morgan fingerprint density at radius 1 is 1.06 bits per heavy atom. The molecule has 9 nitrogen and oxygen atoms in total. The molecule has 172 valence electrons. The largest absolute Gasteiger partial charge is 0.495 e. The van der Waals surface area contributed by atoms with Crippen LogP contribution in [0, 0.1) is 0 Å². The molecule has 33 heavy (non-hydrogen) atoms. The van der Waals surface area contributed by atoms with Crippen LogP contribution >= 0.6 is 23.2 Å². The molecule has 0 atom stereocenters. The number of pyridine rings is 1. The first-order valence-corrected chi connectivity index (χ1v) is 10.9. The number of likely N-dealkylation sites (N-methyl/N-ethyl adjacent to an activating group) is 1. The van der Waals surface area contributed by atoms with Crippen molar-refractivity contribution < 1.29 is 9.47 Å². The van der Waals surface area contributed by atoms with Crippen molar-refractivity contribution in [2.75, 3.05) is 39.3 Å². The van der Waals surface area contributed by atoms with Gasteiger partial charge in [-0.15, -0.1) is 0 Å². The predicted octanol–water partition coefficient (Wildman–Crippen LogP) is 4.11. The van der Waals surface area contributed by atoms with Gasteiger partial charge in [-0.3, -0.25) is 9.67 Å². The second-order valence-corrected chi connectivity index (χ2v) is 7.94. The van der Waals surface area contributed by atoms with Gasteiger partial charge in [-0.25, -0.2) is 9.97 Å². The smallest absolute Gasteiger partial charge is 0.180 e. The summed E-state index contributed by atoms with van der Waals surface area (Å²) in [6, 6.07) is 5.38. The van der Waals surface area contributed by atoms with Crippen LogP contribution in [0.5, 0.6) is 11.5 Å². The van der Waals surface area contributed by atoms with E-state index in [1.165, 1.54) is 0 Å². The summed E-state index contributed by atoms with van der Waals surface area (Å²) in [5.74, 6) is 1.50. The Labute approximate surface area is 201 Å². The third-order valence-electron chi connectivity index (χ3n) is 5.08. The molecule has 0 aliphatic heterocycles. The SMILES string of the molecule is CNCCN(c1ccc2ncc(-c3cnn(C)c3)nc2n1)c1c(Cl)c(OC)cc(OC)c1Cl. The Bertz CT molecular complexity index is 1270. The summed E-state index contributed by atoms with van der Waals surface area (Å²) >= 11 is 13.4. The van der Waals surface area contributed by atoms with Crippen LogP contribution in [-0.2, 0) is 7.05 Å². The summed E-state index contributed by atoms with van der Waals surface area (Å²) in [7, 11) is 6.80. The van der Waals surface area contributed by atoms with Crippen LogP contribution in [0.15, 0.2) is 36.8 Å². The number of ether oxygens (including phenoxy) is 2. The molecule has 0 aliphatic carbocycles. The molecule has 1 N–H and O–H groups in total. The third kappa shape index (κ3) is 4.52. The van der Waals surface area contributed by atoms with Crippen molar-refractivity contribution in [1.29, 1.82) is 0 Å². The van der Waals surface area contributed by atoms with Crippen molar-refractivity contribution in [1.82, 2.24) is 30.0 Å². The maximum Gasteiger partial charge on any atom is 0.180 e. The fourth-order valence-corrected chi connectivity index (χ4v) is 4.11. The zero-order valence-electron chi connectivity index (χ0n) is 18.6. The van der Waals surface area contributed by atoms with E-state index >= 15 is 0 Å². The number of fused-ring (bicyclic) bond motifs is 1. The molecular weight excluding hydrogens is 465 g/mol. The molecule has 3 aromatic heterocycles. The highest BCUT2D eigenvalue weighted by molar-refractivity contribution is 6.41. The molecule has 0 radical (unpaired) electrons. The first kappa shape index (κ1) is 23.0. The Morgan fingerprint density at radius 3 is 2.39 bits per heavy atom. The van der Waals surface area contributed by atoms with E-state index in [0.29, 0.717) is 63.0 Å². The average Bonchev–Trinajstić information content (AvgIpc) is 3.27. The number of aryl methyl sites for hydroxylation is 1. The van der Waals surface area contributed by atoms with Gasteiger partial charge in [0.05, 0.1) is 38.0 Å². The van der Waals surface area contributed by atoms with Gasteiger partial charge in [0.15, 0.2) is 5.65 Å². The summed E-state index contributed by atoms with van der Waals surface area (Å²) in [5, 5.41) is 8.07. The van der Waals surface area contributed by atoms with E-state index in [4.69, 9.17) is 42.6 Å². The van der Waals surface area contributed by atoms with E-state index in [-0.39, 0.29) is 0 Å². The predicted molar refractivity (Wildman–Crippen MR) is 130 cm³/mol. The van der Waals surface area contributed by atoms with E-state index in [1.54, 1.807) is 37.4 Å². The highest BCUT2D eigenvalue weighted by atomic mass is 35.5. The van der Waals surface area contributed by atoms with Crippen LogP contribution in [0.3, 0.4) is 0 Å². The first-order chi connectivity index (χ1) is 16.0. The van der Waals surface area contributed by atoms with Crippen LogP contribution in [0.1, 0.15) is 0 Å². The number of halogens is 2. The molecule has 0 saturated heterocycles. The summed E-state index contributed by atoms with van der Waals surface area (Å²) in [5.41, 5.74) is 3.23. The Hall–Kier alpha value is -3.14. The zero-order chi connectivity index (χ0) is 23.5. The lowest BCUT2D eigenvalue weighted by molar-refractivity contribution is 0.395. The van der Waals surface area contributed by atoms with E-state index in [0.717, 1.165) is 5.56 Å². The van der Waals surface area contributed by atoms with Gasteiger partial charge in [-0.2, -0.15) is 5.10 Å². The highest BCUT2D eigenvalue weighted by Gasteiger charge is 2.24. The normalized spacial score (nSPS) is 11.1. The van der Waals surface area contributed by atoms with Gasteiger partial charge in [0.2, 0.25) is 0 Å². The second kappa shape index (κ2) is 9.78. The number of anilines is 2. The molecule has 3 heterocycles. The molecule has 0 amide bonds. The van der Waals surface area contributed by atoms with Gasteiger partial charge < -0.3 is 19.7 Å². The quantitative estimate of drug-likeness (QED) is 0.397. The first-order valence-electron chi connectivity index (χ1n) is 10.1. The molecule has 0 spiro atoms. The molecule has 0 unspecified atom stereocenters. The summed E-state index contributed by atoms with van der Waals surface area (Å²) in [6.07, 6.45) is 5.32. The fraction of sp³-hybridized carbons (Fsp3) is 0.273. The van der Waals surface area contributed by atoms with Crippen LogP contribution in [0.2, 0.25) is 10.0 Å². The molecule has 0 aliphatic rings. The molecular formula is C22H23Cl2N7O2. The fourth-order valence-electron chi connectivity index (χ4n) is 3.40. The Balaban J connectivity index is 1.86. The third-order valence-corrected chi connectivity index (χ3v) is 5.81. The Morgan fingerprint density at radius 2 is 1.79 bits per heavy atom. The van der Waals surface area contributed by atoms with Gasteiger partial charge in [0, 0.05) is 38.0 Å². The minimum Gasteiger partial charge on any atom is -0.495 e. The minimum atomic E-state index is 0.358. The maximum absolute atomic E-state index is 6.70. The molecule has 0 bridgehead atoms. The monoisotopic (exact) mass is 487 g/mol. The van der Waals surface area contributed by atoms with Gasteiger partial charge in [0.25, 0.3) is 0 Å². The highest BCUT2D eigenvalue weighted by Crippen LogP contribution is 2.47. The standard InChI is InChI=1S/C22H23Cl2N7O2/c1-25-7-8-31(21-19(23)16(32-3)9-17(33-4)20(21)24)18-6-5-14-22(29-18)28-15(11-26-14)13-10-27-30(2)12-13/h5-6,9-12,25H,7-8H2,1-4H3. The van der Waals surface area contributed by atoms with Crippen LogP contribution in [0.4, 0.5) is 11.5 Å². The number of nitrogens with zero attached hydrogens (tertiary/aromatic N) is 6. The van der Waals surface area contributed by atoms with E-state index in [9.17, 15) is 0 Å². The number of nitrogens with one attached hydrogen (secondary N) is 1. The van der Waals surface area contributed by atoms with Crippen molar-refractivity contribution in [3.05, 3.63) is 46.8 Å². The molecule has 1 aromatic carbocycles. The van der Waals surface area contributed by atoms with Crippen LogP contribution in [-0.4, -0.2) is 59.1 Å². The van der Waals surface area contributed by atoms with Gasteiger partial charge in [-0.05, 0) is 19.2 Å². The van der Waals surface area contributed by atoms with Crippen molar-refractivity contribution >= 4 is 45.9 Å². The van der Waals surface area contributed by atoms with Gasteiger partial charge in [-0.1, -0.05) is 23.2 Å². The second-order valence-electron chi connectivity index (χ2n) is 7.18. The van der Waals surface area contributed by atoms with E-state index in [2.05, 4.69) is 15.4 Å². The number of benzene rings is 1. The molecule has 4 aromatic rings. The van der Waals surface area contributed by atoms with Gasteiger partial charge >= 0.3 is 0 Å². The molecule has 11 heteroatoms. The maximum atomic E-state index is 6.70. The number of hydrogen-bond donors (Lipinski definition) is 1. The lowest BCUT2D eigenvalue weighted by Crippen LogP contribution is -2.28. The summed E-state index contributed by atoms with van der Waals surface area (Å²) < 4.78 is 12.6. The minimum absolute atomic E-state index is 0.358. The number of aromatic nitrogens is 5. The summed E-state index contributed by atoms with van der Waals surface area (Å²) in [4.78, 5) is 15.9. The lowest BCUT2D eigenvalue weighted by Gasteiger charge is -2.27. The van der Waals surface area contributed by atoms with Crippen molar-refractivity contribution in [2.45, 2.75) is 0 Å². The summed E-state index contributed by atoms with van der Waals surface area (Å²) in [6.45, 7) is 1.17. The number of hydrogen-bond acceptors (Lipinski definition) is 8. The van der Waals surface area contributed by atoms with Crippen molar-refractivity contribution in [3.8, 4) is 22.8 Å². The zero-order valence-corrected chi connectivity index (χ0v) is 20.1. The van der Waals surface area contributed by atoms with E-state index < -0.39 is 0 Å². The molecule has 4 rings (SSSR count). The Kier molecular flexibility index (Phi) is 6.83. The van der Waals surface area contributed by atoms with Crippen molar-refractivity contribution in [2.24, 2.45) is 7.05 Å². The molecule has 0 saturated carbocycles. The molecule has 0 fully saturated rings. The van der Waals surface area contributed by atoms with E-state index in [1.807, 2.05) is 37.3 Å².